The SMILES string of the molecule is CSCCCCCCNC(=O)c1cccc([N+](=O)[O-])c1Cl. The van der Waals surface area contributed by atoms with Gasteiger partial charge >= 0.3 is 0 Å². The second-order valence-corrected chi connectivity index (χ2v) is 5.92. The predicted molar refractivity (Wildman–Crippen MR) is 87.3 cm³/mol. The molecule has 1 N–H and O–H groups in total. The largest absolute Gasteiger partial charge is 0.352 e. The van der Waals surface area contributed by atoms with E-state index in [2.05, 4.69) is 11.6 Å². The van der Waals surface area contributed by atoms with Crippen LogP contribution in [-0.4, -0.2) is 29.4 Å². The first-order valence-corrected chi connectivity index (χ1v) is 8.55. The molecule has 0 aliphatic rings. The van der Waals surface area contributed by atoms with E-state index in [0.717, 1.165) is 25.0 Å². The summed E-state index contributed by atoms with van der Waals surface area (Å²) in [6.45, 7) is 0.553. The Balaban J connectivity index is 2.42. The molecule has 0 radical (unpaired) electrons. The van der Waals surface area contributed by atoms with Crippen molar-refractivity contribution in [2.24, 2.45) is 0 Å². The predicted octanol–water partition coefficient (Wildman–Crippen LogP) is 3.90. The molecule has 1 aromatic carbocycles. The molecule has 0 heterocycles. The Morgan fingerprint density at radius 1 is 1.33 bits per heavy atom. The fraction of sp³-hybridized carbons (Fsp3) is 0.500. The first-order valence-electron chi connectivity index (χ1n) is 6.78. The lowest BCUT2D eigenvalue weighted by Gasteiger charge is -2.07. The van der Waals surface area contributed by atoms with E-state index >= 15 is 0 Å². The number of halogens is 1. The van der Waals surface area contributed by atoms with Crippen LogP contribution < -0.4 is 5.32 Å². The summed E-state index contributed by atoms with van der Waals surface area (Å²) in [5.74, 6) is 0.795. The third-order valence-corrected chi connectivity index (χ3v) is 4.07. The second kappa shape index (κ2) is 9.63. The first kappa shape index (κ1) is 17.8. The number of carbonyl (C=O) groups is 1. The average molecular weight is 331 g/mol. The van der Waals surface area contributed by atoms with E-state index in [1.165, 1.54) is 24.6 Å². The Labute approximate surface area is 133 Å². The summed E-state index contributed by atoms with van der Waals surface area (Å²) in [4.78, 5) is 22.1. The second-order valence-electron chi connectivity index (χ2n) is 4.56. The van der Waals surface area contributed by atoms with Crippen molar-refractivity contribution >= 4 is 35.0 Å². The van der Waals surface area contributed by atoms with Gasteiger partial charge in [-0.1, -0.05) is 30.5 Å². The van der Waals surface area contributed by atoms with Crippen molar-refractivity contribution in [3.8, 4) is 0 Å². The van der Waals surface area contributed by atoms with E-state index in [-0.39, 0.29) is 22.2 Å². The van der Waals surface area contributed by atoms with Crippen LogP contribution in [0.15, 0.2) is 18.2 Å². The highest BCUT2D eigenvalue weighted by Crippen LogP contribution is 2.27. The van der Waals surface area contributed by atoms with Crippen LogP contribution in [0.25, 0.3) is 0 Å². The quantitative estimate of drug-likeness (QED) is 0.423. The summed E-state index contributed by atoms with van der Waals surface area (Å²) in [5.41, 5.74) is -0.102. The fourth-order valence-electron chi connectivity index (χ4n) is 1.86. The van der Waals surface area contributed by atoms with Gasteiger partial charge in [0, 0.05) is 12.6 Å². The summed E-state index contributed by atoms with van der Waals surface area (Å²) >= 11 is 7.72. The topological polar surface area (TPSA) is 72.2 Å². The first-order chi connectivity index (χ1) is 10.1. The van der Waals surface area contributed by atoms with Crippen LogP contribution in [0.2, 0.25) is 5.02 Å². The number of nitrogens with zero attached hydrogens (tertiary/aromatic N) is 1. The van der Waals surface area contributed by atoms with Crippen molar-refractivity contribution < 1.29 is 9.72 Å². The molecule has 5 nitrogen and oxygen atoms in total. The van der Waals surface area contributed by atoms with Gasteiger partial charge in [0.2, 0.25) is 0 Å². The fourth-order valence-corrected chi connectivity index (χ4v) is 2.63. The molecule has 7 heteroatoms. The van der Waals surface area contributed by atoms with Gasteiger partial charge in [-0.2, -0.15) is 11.8 Å². The van der Waals surface area contributed by atoms with E-state index in [4.69, 9.17) is 11.6 Å². The zero-order valence-electron chi connectivity index (χ0n) is 11.9. The summed E-state index contributed by atoms with van der Waals surface area (Å²) in [6, 6.07) is 4.23. The van der Waals surface area contributed by atoms with E-state index in [9.17, 15) is 14.9 Å². The summed E-state index contributed by atoms with van der Waals surface area (Å²) < 4.78 is 0. The lowest BCUT2D eigenvalue weighted by Crippen LogP contribution is -2.24. The molecule has 0 aliphatic carbocycles. The van der Waals surface area contributed by atoms with E-state index in [1.54, 1.807) is 0 Å². The molecule has 0 spiro atoms. The van der Waals surface area contributed by atoms with Crippen molar-refractivity contribution in [2.45, 2.75) is 25.7 Å². The van der Waals surface area contributed by atoms with E-state index in [1.807, 2.05) is 11.8 Å². The lowest BCUT2D eigenvalue weighted by molar-refractivity contribution is -0.384. The molecule has 21 heavy (non-hydrogen) atoms. The lowest BCUT2D eigenvalue weighted by atomic mass is 10.1. The third-order valence-electron chi connectivity index (χ3n) is 2.98. The number of nitro benzene ring substituents is 1. The number of hydrogen-bond donors (Lipinski definition) is 1. The molecule has 0 atom stereocenters. The zero-order chi connectivity index (χ0) is 15.7. The van der Waals surface area contributed by atoms with Crippen LogP contribution in [0.3, 0.4) is 0 Å². The molecule has 0 saturated heterocycles. The molecule has 1 amide bonds. The maximum Gasteiger partial charge on any atom is 0.288 e. The normalized spacial score (nSPS) is 10.4. The number of benzene rings is 1. The highest BCUT2D eigenvalue weighted by molar-refractivity contribution is 7.98. The molecule has 0 saturated carbocycles. The Morgan fingerprint density at radius 2 is 2.05 bits per heavy atom. The highest BCUT2D eigenvalue weighted by atomic mass is 35.5. The Hall–Kier alpha value is -1.27. The number of thioether (sulfide) groups is 1. The van der Waals surface area contributed by atoms with Crippen LogP contribution in [0.5, 0.6) is 0 Å². The minimum Gasteiger partial charge on any atom is -0.352 e. The van der Waals surface area contributed by atoms with Gasteiger partial charge in [-0.25, -0.2) is 0 Å². The molecule has 0 aromatic heterocycles. The van der Waals surface area contributed by atoms with E-state index < -0.39 is 4.92 Å². The van der Waals surface area contributed by atoms with Gasteiger partial charge in [-0.15, -0.1) is 0 Å². The number of hydrogen-bond acceptors (Lipinski definition) is 4. The van der Waals surface area contributed by atoms with Gasteiger partial charge in [-0.3, -0.25) is 14.9 Å². The molecular weight excluding hydrogens is 312 g/mol. The van der Waals surface area contributed by atoms with Crippen molar-refractivity contribution in [3.05, 3.63) is 38.9 Å². The van der Waals surface area contributed by atoms with E-state index in [0.29, 0.717) is 6.54 Å². The Bertz CT molecular complexity index is 497. The van der Waals surface area contributed by atoms with Gasteiger partial charge in [0.15, 0.2) is 0 Å². The van der Waals surface area contributed by atoms with Gasteiger partial charge in [0.05, 0.1) is 10.5 Å². The third kappa shape index (κ3) is 5.93. The molecule has 0 unspecified atom stereocenters. The highest BCUT2D eigenvalue weighted by Gasteiger charge is 2.19. The number of nitrogens with one attached hydrogen (secondary N) is 1. The van der Waals surface area contributed by atoms with Crippen LogP contribution in [-0.2, 0) is 0 Å². The molecule has 1 aromatic rings. The number of rotatable bonds is 9. The maximum absolute atomic E-state index is 12.0. The standard InChI is InChI=1S/C14H19ClN2O3S/c1-21-10-5-3-2-4-9-16-14(18)11-7-6-8-12(13(11)15)17(19)20/h6-8H,2-5,9-10H2,1H3,(H,16,18). The minimum atomic E-state index is -0.592. The summed E-state index contributed by atoms with van der Waals surface area (Å²) in [7, 11) is 0. The summed E-state index contributed by atoms with van der Waals surface area (Å²) in [5, 5.41) is 13.4. The molecule has 1 rings (SSSR count). The zero-order valence-corrected chi connectivity index (χ0v) is 13.5. The molecule has 0 fully saturated rings. The molecule has 0 aliphatic heterocycles. The molecule has 0 bridgehead atoms. The minimum absolute atomic E-state index is 0.111. The van der Waals surface area contributed by atoms with Crippen molar-refractivity contribution in [3.63, 3.8) is 0 Å². The molecule has 116 valence electrons. The monoisotopic (exact) mass is 330 g/mol. The van der Waals surface area contributed by atoms with Crippen molar-refractivity contribution in [1.82, 2.24) is 5.32 Å². The van der Waals surface area contributed by atoms with Gasteiger partial charge in [-0.05, 0) is 30.9 Å². The Kier molecular flexibility index (Phi) is 8.15. The number of carbonyl (C=O) groups excluding carboxylic acids is 1. The van der Waals surface area contributed by atoms with Gasteiger partial charge in [0.1, 0.15) is 5.02 Å². The number of unbranched alkanes of at least 4 members (excludes halogenated alkanes) is 3. The van der Waals surface area contributed by atoms with Crippen LogP contribution in [0.4, 0.5) is 5.69 Å². The number of nitro groups is 1. The van der Waals surface area contributed by atoms with Crippen molar-refractivity contribution in [2.75, 3.05) is 18.6 Å². The average Bonchev–Trinajstić information content (AvgIpc) is 2.46. The smallest absolute Gasteiger partial charge is 0.288 e. The van der Waals surface area contributed by atoms with Gasteiger partial charge < -0.3 is 5.32 Å². The maximum atomic E-state index is 12.0. The van der Waals surface area contributed by atoms with Crippen LogP contribution >= 0.6 is 23.4 Å². The van der Waals surface area contributed by atoms with Crippen LogP contribution in [0, 0.1) is 10.1 Å². The number of amides is 1. The van der Waals surface area contributed by atoms with Crippen molar-refractivity contribution in [1.29, 1.82) is 0 Å². The Morgan fingerprint density at radius 3 is 2.71 bits per heavy atom. The van der Waals surface area contributed by atoms with Gasteiger partial charge in [0.25, 0.3) is 11.6 Å². The summed E-state index contributed by atoms with van der Waals surface area (Å²) in [6.07, 6.45) is 6.37. The molecular formula is C14H19ClN2O3S. The van der Waals surface area contributed by atoms with Crippen LogP contribution in [0.1, 0.15) is 36.0 Å².